The summed E-state index contributed by atoms with van der Waals surface area (Å²) in [6.45, 7) is 5.09. The van der Waals surface area contributed by atoms with Crippen molar-refractivity contribution in [2.75, 3.05) is 6.54 Å². The Morgan fingerprint density at radius 3 is 2.56 bits per heavy atom. The molecule has 1 saturated heterocycles. The third-order valence-electron chi connectivity index (χ3n) is 5.43. The van der Waals surface area contributed by atoms with Crippen LogP contribution >= 0.6 is 0 Å². The van der Waals surface area contributed by atoms with Crippen molar-refractivity contribution in [3.8, 4) is 0 Å². The van der Waals surface area contributed by atoms with Crippen LogP contribution in [0.15, 0.2) is 53.3 Å². The summed E-state index contributed by atoms with van der Waals surface area (Å²) in [5.41, 5.74) is 2.60. The van der Waals surface area contributed by atoms with Crippen LogP contribution in [0.25, 0.3) is 10.8 Å². The summed E-state index contributed by atoms with van der Waals surface area (Å²) in [4.78, 5) is 28.0. The van der Waals surface area contributed by atoms with E-state index < -0.39 is 0 Å². The van der Waals surface area contributed by atoms with Crippen molar-refractivity contribution in [3.05, 3.63) is 75.7 Å². The molecule has 138 valence electrons. The van der Waals surface area contributed by atoms with Gasteiger partial charge in [0, 0.05) is 18.5 Å². The van der Waals surface area contributed by atoms with Gasteiger partial charge in [-0.3, -0.25) is 9.59 Å². The van der Waals surface area contributed by atoms with Gasteiger partial charge in [-0.1, -0.05) is 42.5 Å². The van der Waals surface area contributed by atoms with E-state index in [0.717, 1.165) is 12.8 Å². The van der Waals surface area contributed by atoms with Crippen molar-refractivity contribution in [2.45, 2.75) is 39.3 Å². The molecule has 4 rings (SSSR count). The van der Waals surface area contributed by atoms with Crippen LogP contribution < -0.4 is 5.56 Å². The number of aryl methyl sites for hydroxylation is 2. The monoisotopic (exact) mass is 361 g/mol. The average molecular weight is 361 g/mol. The van der Waals surface area contributed by atoms with Crippen LogP contribution in [0, 0.1) is 6.92 Å². The number of carbonyl (C=O) groups excluding carboxylic acids is 1. The Morgan fingerprint density at radius 1 is 1.11 bits per heavy atom. The van der Waals surface area contributed by atoms with Crippen LogP contribution in [0.5, 0.6) is 0 Å². The van der Waals surface area contributed by atoms with Crippen LogP contribution in [-0.2, 0) is 6.54 Å². The van der Waals surface area contributed by atoms with Gasteiger partial charge in [-0.15, -0.1) is 0 Å². The van der Waals surface area contributed by atoms with Crippen molar-refractivity contribution in [3.63, 3.8) is 0 Å². The lowest BCUT2D eigenvalue weighted by Gasteiger charge is -2.26. The van der Waals surface area contributed by atoms with Crippen molar-refractivity contribution in [1.82, 2.24) is 14.7 Å². The quantitative estimate of drug-likeness (QED) is 0.715. The molecule has 5 heteroatoms. The molecule has 1 amide bonds. The van der Waals surface area contributed by atoms with Crippen molar-refractivity contribution < 1.29 is 4.79 Å². The number of fused-ring (bicyclic) bond motifs is 1. The summed E-state index contributed by atoms with van der Waals surface area (Å²) in [6.07, 6.45) is 1.91. The van der Waals surface area contributed by atoms with E-state index in [1.807, 2.05) is 42.2 Å². The molecule has 0 N–H and O–H groups in total. The zero-order valence-electron chi connectivity index (χ0n) is 15.7. The smallest absolute Gasteiger partial charge is 0.275 e. The van der Waals surface area contributed by atoms with E-state index in [4.69, 9.17) is 0 Å². The van der Waals surface area contributed by atoms with E-state index in [1.165, 1.54) is 15.8 Å². The Bertz CT molecular complexity index is 1070. The van der Waals surface area contributed by atoms with Crippen LogP contribution in [0.1, 0.15) is 47.4 Å². The molecule has 27 heavy (non-hydrogen) atoms. The first-order valence-electron chi connectivity index (χ1n) is 9.48. The molecule has 1 aliphatic rings. The molecular formula is C22H23N3O2. The van der Waals surface area contributed by atoms with E-state index in [9.17, 15) is 9.59 Å². The molecule has 1 aromatic heterocycles. The van der Waals surface area contributed by atoms with E-state index in [2.05, 4.69) is 24.2 Å². The molecule has 2 heterocycles. The first-order valence-corrected chi connectivity index (χ1v) is 9.48. The minimum atomic E-state index is -0.151. The van der Waals surface area contributed by atoms with Crippen LogP contribution in [0.3, 0.4) is 0 Å². The molecule has 3 aromatic rings. The number of nitrogens with zero attached hydrogens (tertiary/aromatic N) is 3. The lowest BCUT2D eigenvalue weighted by Crippen LogP contribution is -2.34. The van der Waals surface area contributed by atoms with Gasteiger partial charge in [-0.25, -0.2) is 4.68 Å². The lowest BCUT2D eigenvalue weighted by molar-refractivity contribution is 0.0729. The highest BCUT2D eigenvalue weighted by atomic mass is 16.2. The number of likely N-dealkylation sites (tertiary alicyclic amines) is 1. The van der Waals surface area contributed by atoms with Gasteiger partial charge in [0.15, 0.2) is 5.69 Å². The number of aromatic nitrogens is 2. The maximum Gasteiger partial charge on any atom is 0.275 e. The summed E-state index contributed by atoms with van der Waals surface area (Å²) >= 11 is 0. The van der Waals surface area contributed by atoms with Gasteiger partial charge >= 0.3 is 0 Å². The fourth-order valence-corrected chi connectivity index (χ4v) is 4.04. The van der Waals surface area contributed by atoms with Crippen LogP contribution in [0.4, 0.5) is 0 Å². The van der Waals surface area contributed by atoms with E-state index in [-0.39, 0.29) is 17.5 Å². The molecule has 0 radical (unpaired) electrons. The summed E-state index contributed by atoms with van der Waals surface area (Å²) in [5, 5.41) is 5.60. The van der Waals surface area contributed by atoms with Crippen LogP contribution in [-0.4, -0.2) is 27.1 Å². The molecule has 0 saturated carbocycles. The average Bonchev–Trinajstić information content (AvgIpc) is 3.18. The van der Waals surface area contributed by atoms with Crippen molar-refractivity contribution >= 4 is 16.7 Å². The highest BCUT2D eigenvalue weighted by Crippen LogP contribution is 2.35. The van der Waals surface area contributed by atoms with Gasteiger partial charge in [-0.2, -0.15) is 5.10 Å². The lowest BCUT2D eigenvalue weighted by atomic mass is 9.99. The molecule has 1 fully saturated rings. The van der Waals surface area contributed by atoms with Gasteiger partial charge in [0.2, 0.25) is 0 Å². The Morgan fingerprint density at radius 2 is 1.81 bits per heavy atom. The zero-order valence-corrected chi connectivity index (χ0v) is 15.7. The van der Waals surface area contributed by atoms with E-state index in [1.54, 1.807) is 6.07 Å². The van der Waals surface area contributed by atoms with Crippen LogP contribution in [0.2, 0.25) is 0 Å². The van der Waals surface area contributed by atoms with Crippen molar-refractivity contribution in [2.24, 2.45) is 0 Å². The number of amides is 1. The summed E-state index contributed by atoms with van der Waals surface area (Å²) in [7, 11) is 0. The second kappa shape index (κ2) is 6.99. The predicted molar refractivity (Wildman–Crippen MR) is 106 cm³/mol. The third kappa shape index (κ3) is 2.93. The molecule has 5 nitrogen and oxygen atoms in total. The third-order valence-corrected chi connectivity index (χ3v) is 5.43. The highest BCUT2D eigenvalue weighted by Gasteiger charge is 2.33. The minimum Gasteiger partial charge on any atom is -0.330 e. The normalized spacial score (nSPS) is 16.8. The molecule has 0 aliphatic carbocycles. The molecule has 1 aliphatic heterocycles. The molecule has 1 unspecified atom stereocenters. The molecular weight excluding hydrogens is 338 g/mol. The summed E-state index contributed by atoms with van der Waals surface area (Å²) < 4.78 is 1.38. The maximum atomic E-state index is 13.5. The standard InChI is InChI=1S/C22H23N3O2/c1-3-25-21(26)18-12-7-6-11-17(18)20(23-25)22(27)24-14-8-13-19(24)16-10-5-4-9-15(16)2/h4-7,9-12,19H,3,8,13-14H2,1-2H3. The maximum absolute atomic E-state index is 13.5. The second-order valence-electron chi connectivity index (χ2n) is 7.03. The first-order chi connectivity index (χ1) is 13.1. The van der Waals surface area contributed by atoms with E-state index in [0.29, 0.717) is 29.6 Å². The summed E-state index contributed by atoms with van der Waals surface area (Å²) in [6, 6.07) is 15.5. The van der Waals surface area contributed by atoms with Crippen molar-refractivity contribution in [1.29, 1.82) is 0 Å². The summed E-state index contributed by atoms with van der Waals surface area (Å²) in [5.74, 6) is -0.0980. The number of hydrogen-bond acceptors (Lipinski definition) is 3. The fraction of sp³-hybridized carbons (Fsp3) is 0.318. The fourth-order valence-electron chi connectivity index (χ4n) is 4.04. The highest BCUT2D eigenvalue weighted by molar-refractivity contribution is 6.05. The van der Waals surface area contributed by atoms with Gasteiger partial charge in [-0.05, 0) is 43.9 Å². The van der Waals surface area contributed by atoms with Gasteiger partial charge in [0.05, 0.1) is 11.4 Å². The van der Waals surface area contributed by atoms with Gasteiger partial charge in [0.1, 0.15) is 0 Å². The zero-order chi connectivity index (χ0) is 19.0. The first kappa shape index (κ1) is 17.5. The number of benzene rings is 2. The Hall–Kier alpha value is -2.95. The Balaban J connectivity index is 1.82. The topological polar surface area (TPSA) is 55.2 Å². The Kier molecular flexibility index (Phi) is 4.52. The number of hydrogen-bond donors (Lipinski definition) is 0. The largest absolute Gasteiger partial charge is 0.330 e. The van der Waals surface area contributed by atoms with Gasteiger partial charge in [0.25, 0.3) is 11.5 Å². The molecule has 0 spiro atoms. The number of rotatable bonds is 3. The molecule has 2 aromatic carbocycles. The minimum absolute atomic E-state index is 0.0567. The Labute approximate surface area is 158 Å². The number of carbonyl (C=O) groups is 1. The predicted octanol–water partition coefficient (Wildman–Crippen LogP) is 3.70. The molecule has 1 atom stereocenters. The van der Waals surface area contributed by atoms with Gasteiger partial charge < -0.3 is 4.90 Å². The second-order valence-corrected chi connectivity index (χ2v) is 7.03. The van der Waals surface area contributed by atoms with E-state index >= 15 is 0 Å². The SMILES string of the molecule is CCn1nc(C(=O)N2CCCC2c2ccccc2C)c2ccccc2c1=O. The molecule has 0 bridgehead atoms.